The number of nitrogens with zero attached hydrogens (tertiary/aromatic N) is 2. The molecule has 2 heterocycles. The van der Waals surface area contributed by atoms with E-state index in [9.17, 15) is 5.11 Å². The van der Waals surface area contributed by atoms with E-state index in [2.05, 4.69) is 9.97 Å². The predicted molar refractivity (Wildman–Crippen MR) is 73.3 cm³/mol. The zero-order valence-corrected chi connectivity index (χ0v) is 11.5. The number of aliphatic hydroxyl groups excluding tert-OH is 1. The number of aryl methyl sites for hydroxylation is 3. The molecule has 0 aliphatic rings. The molecule has 0 aromatic carbocycles. The lowest BCUT2D eigenvalue weighted by Gasteiger charge is -2.10. The Labute approximate surface area is 113 Å². The van der Waals surface area contributed by atoms with E-state index in [-0.39, 0.29) is 6.61 Å². The molecule has 0 fully saturated rings. The van der Waals surface area contributed by atoms with Gasteiger partial charge in [0, 0.05) is 17.5 Å². The summed E-state index contributed by atoms with van der Waals surface area (Å²) < 4.78 is 5.79. The predicted octanol–water partition coefficient (Wildman–Crippen LogP) is 2.94. The van der Waals surface area contributed by atoms with Gasteiger partial charge in [0.25, 0.3) is 0 Å². The molecule has 4 nitrogen and oxygen atoms in total. The van der Waals surface area contributed by atoms with Crippen molar-refractivity contribution in [1.29, 1.82) is 0 Å². The van der Waals surface area contributed by atoms with Gasteiger partial charge in [0.1, 0.15) is 0 Å². The Bertz CT molecular complexity index is 582. The maximum absolute atomic E-state index is 9.19. The van der Waals surface area contributed by atoms with Crippen LogP contribution in [-0.2, 0) is 13.0 Å². The Kier molecular flexibility index (Phi) is 4.12. The van der Waals surface area contributed by atoms with Crippen LogP contribution < -0.4 is 4.74 Å². The first-order valence-corrected chi connectivity index (χ1v) is 6.35. The lowest BCUT2D eigenvalue weighted by atomic mass is 10.2. The number of pyridine rings is 2. The summed E-state index contributed by atoms with van der Waals surface area (Å²) in [5.41, 5.74) is 3.49. The first kappa shape index (κ1) is 13.5. The zero-order valence-electron chi connectivity index (χ0n) is 11.5. The fourth-order valence-electron chi connectivity index (χ4n) is 1.91. The first-order valence-electron chi connectivity index (χ1n) is 6.35. The van der Waals surface area contributed by atoms with Gasteiger partial charge < -0.3 is 9.84 Å². The van der Waals surface area contributed by atoms with Gasteiger partial charge >= 0.3 is 0 Å². The smallest absolute Gasteiger partial charge is 0.219 e. The van der Waals surface area contributed by atoms with Crippen molar-refractivity contribution in [2.75, 3.05) is 0 Å². The summed E-state index contributed by atoms with van der Waals surface area (Å²) in [5, 5.41) is 9.19. The van der Waals surface area contributed by atoms with Gasteiger partial charge in [-0.3, -0.25) is 4.98 Å². The monoisotopic (exact) mass is 258 g/mol. The highest BCUT2D eigenvalue weighted by Gasteiger charge is 2.07. The third-order valence-corrected chi connectivity index (χ3v) is 2.79. The van der Waals surface area contributed by atoms with E-state index in [4.69, 9.17) is 4.74 Å². The molecule has 2 aromatic rings. The Morgan fingerprint density at radius 1 is 1.11 bits per heavy atom. The second kappa shape index (κ2) is 5.80. The number of aromatic nitrogens is 2. The zero-order chi connectivity index (χ0) is 13.8. The Balaban J connectivity index is 2.33. The second-order valence-electron chi connectivity index (χ2n) is 4.47. The van der Waals surface area contributed by atoms with E-state index in [1.54, 1.807) is 6.07 Å². The summed E-state index contributed by atoms with van der Waals surface area (Å²) in [6.07, 6.45) is 0.801. The molecule has 1 N–H and O–H groups in total. The molecule has 4 heteroatoms. The van der Waals surface area contributed by atoms with Gasteiger partial charge in [0.2, 0.25) is 5.88 Å². The molecule has 19 heavy (non-hydrogen) atoms. The molecule has 0 spiro atoms. The molecule has 0 saturated carbocycles. The fraction of sp³-hybridized carbons (Fsp3) is 0.333. The standard InChI is InChI=1S/C15H18N2O2/c1-4-13-14(6-5-10(2)16-13)19-15-8-12(9-18)7-11(3)17-15/h5-8,18H,4,9H2,1-3H3. The molecule has 0 saturated heterocycles. The van der Waals surface area contributed by atoms with E-state index in [1.165, 1.54) is 0 Å². The van der Waals surface area contributed by atoms with Crippen LogP contribution in [0.3, 0.4) is 0 Å². The Morgan fingerprint density at radius 2 is 1.89 bits per heavy atom. The maximum Gasteiger partial charge on any atom is 0.219 e. The number of ether oxygens (including phenoxy) is 1. The van der Waals surface area contributed by atoms with Crippen LogP contribution in [0.2, 0.25) is 0 Å². The van der Waals surface area contributed by atoms with Crippen molar-refractivity contribution >= 4 is 0 Å². The molecule has 0 aliphatic heterocycles. The average molecular weight is 258 g/mol. The quantitative estimate of drug-likeness (QED) is 0.916. The topological polar surface area (TPSA) is 55.2 Å². The van der Waals surface area contributed by atoms with Crippen LogP contribution in [0.5, 0.6) is 11.6 Å². The molecule has 0 unspecified atom stereocenters. The molecular formula is C15H18N2O2. The molecule has 2 aromatic heterocycles. The summed E-state index contributed by atoms with van der Waals surface area (Å²) in [4.78, 5) is 8.76. The molecule has 0 atom stereocenters. The minimum Gasteiger partial charge on any atom is -0.437 e. The van der Waals surface area contributed by atoms with Crippen molar-refractivity contribution in [3.8, 4) is 11.6 Å². The van der Waals surface area contributed by atoms with E-state index >= 15 is 0 Å². The van der Waals surface area contributed by atoms with Crippen molar-refractivity contribution in [2.45, 2.75) is 33.8 Å². The van der Waals surface area contributed by atoms with Gasteiger partial charge in [0.15, 0.2) is 5.75 Å². The minimum atomic E-state index is -0.0213. The highest BCUT2D eigenvalue weighted by Crippen LogP contribution is 2.24. The molecule has 2 rings (SSSR count). The highest BCUT2D eigenvalue weighted by molar-refractivity contribution is 5.34. The largest absolute Gasteiger partial charge is 0.437 e. The van der Waals surface area contributed by atoms with Crippen molar-refractivity contribution < 1.29 is 9.84 Å². The van der Waals surface area contributed by atoms with Crippen molar-refractivity contribution in [3.63, 3.8) is 0 Å². The third kappa shape index (κ3) is 3.29. The number of aliphatic hydroxyl groups is 1. The normalized spacial score (nSPS) is 10.5. The van der Waals surface area contributed by atoms with Crippen LogP contribution in [-0.4, -0.2) is 15.1 Å². The number of hydrogen-bond acceptors (Lipinski definition) is 4. The van der Waals surface area contributed by atoms with Crippen LogP contribution in [0.1, 0.15) is 29.6 Å². The van der Waals surface area contributed by atoms with Crippen LogP contribution in [0.25, 0.3) is 0 Å². The number of rotatable bonds is 4. The van der Waals surface area contributed by atoms with Gasteiger partial charge in [-0.15, -0.1) is 0 Å². The van der Waals surface area contributed by atoms with Crippen LogP contribution in [0, 0.1) is 13.8 Å². The third-order valence-electron chi connectivity index (χ3n) is 2.79. The second-order valence-corrected chi connectivity index (χ2v) is 4.47. The Hall–Kier alpha value is -1.94. The van der Waals surface area contributed by atoms with Crippen LogP contribution in [0.15, 0.2) is 24.3 Å². The SMILES string of the molecule is CCc1nc(C)ccc1Oc1cc(CO)cc(C)n1. The summed E-state index contributed by atoms with van der Waals surface area (Å²) in [6.45, 7) is 5.85. The van der Waals surface area contributed by atoms with E-state index in [0.717, 1.165) is 34.8 Å². The van der Waals surface area contributed by atoms with E-state index < -0.39 is 0 Å². The van der Waals surface area contributed by atoms with Gasteiger partial charge in [-0.2, -0.15) is 0 Å². The molecule has 0 radical (unpaired) electrons. The minimum absolute atomic E-state index is 0.0213. The van der Waals surface area contributed by atoms with Crippen LogP contribution >= 0.6 is 0 Å². The molecule has 100 valence electrons. The van der Waals surface area contributed by atoms with Gasteiger partial charge in [-0.25, -0.2) is 4.98 Å². The Morgan fingerprint density at radius 3 is 2.58 bits per heavy atom. The molecule has 0 aliphatic carbocycles. The van der Waals surface area contributed by atoms with E-state index in [0.29, 0.717) is 5.88 Å². The summed E-state index contributed by atoms with van der Waals surface area (Å²) in [5.74, 6) is 1.21. The molecule has 0 bridgehead atoms. The summed E-state index contributed by atoms with van der Waals surface area (Å²) >= 11 is 0. The maximum atomic E-state index is 9.19. The van der Waals surface area contributed by atoms with Crippen LogP contribution in [0.4, 0.5) is 0 Å². The van der Waals surface area contributed by atoms with E-state index in [1.807, 2.05) is 39.0 Å². The molecular weight excluding hydrogens is 240 g/mol. The van der Waals surface area contributed by atoms with Gasteiger partial charge in [-0.05, 0) is 44.0 Å². The number of hydrogen-bond donors (Lipinski definition) is 1. The highest BCUT2D eigenvalue weighted by atomic mass is 16.5. The van der Waals surface area contributed by atoms with Crippen molar-refractivity contribution in [2.24, 2.45) is 0 Å². The fourth-order valence-corrected chi connectivity index (χ4v) is 1.91. The lowest BCUT2D eigenvalue weighted by Crippen LogP contribution is -1.98. The van der Waals surface area contributed by atoms with Crippen molar-refractivity contribution in [1.82, 2.24) is 9.97 Å². The summed E-state index contributed by atoms with van der Waals surface area (Å²) in [7, 11) is 0. The van der Waals surface area contributed by atoms with Crippen molar-refractivity contribution in [3.05, 3.63) is 46.9 Å². The first-order chi connectivity index (χ1) is 9.12. The lowest BCUT2D eigenvalue weighted by molar-refractivity contribution is 0.281. The molecule has 0 amide bonds. The van der Waals surface area contributed by atoms with Gasteiger partial charge in [-0.1, -0.05) is 6.92 Å². The summed E-state index contributed by atoms with van der Waals surface area (Å²) in [6, 6.07) is 7.40. The van der Waals surface area contributed by atoms with Gasteiger partial charge in [0.05, 0.1) is 12.3 Å². The average Bonchev–Trinajstić information content (AvgIpc) is 2.40.